The molecule has 1 saturated heterocycles. The lowest BCUT2D eigenvalue weighted by atomic mass is 10.1. The summed E-state index contributed by atoms with van der Waals surface area (Å²) in [7, 11) is 1.69. The molecule has 1 aromatic heterocycles. The minimum atomic E-state index is 0.654. The number of ether oxygens (including phenoxy) is 1. The Bertz CT molecular complexity index is 381. The molecule has 94 valence electrons. The third-order valence-corrected chi connectivity index (χ3v) is 3.30. The Morgan fingerprint density at radius 1 is 1.53 bits per heavy atom. The number of methoxy groups -OCH3 is 1. The summed E-state index contributed by atoms with van der Waals surface area (Å²) in [6.07, 6.45) is 1.21. The van der Waals surface area contributed by atoms with Crippen LogP contribution < -0.4 is 10.5 Å². The molecule has 0 radical (unpaired) electrons. The van der Waals surface area contributed by atoms with E-state index in [1.54, 1.807) is 7.11 Å². The molecule has 0 bridgehead atoms. The second-order valence-corrected chi connectivity index (χ2v) is 4.77. The minimum absolute atomic E-state index is 0.654. The van der Waals surface area contributed by atoms with Crippen LogP contribution in [0.1, 0.15) is 17.8 Å². The molecule has 1 aliphatic heterocycles. The molecule has 0 aromatic carbocycles. The number of nitrogens with two attached hydrogens (primary N) is 1. The van der Waals surface area contributed by atoms with Crippen LogP contribution in [0.2, 0.25) is 0 Å². The molecule has 1 fully saturated rings. The maximum absolute atomic E-state index is 5.70. The summed E-state index contributed by atoms with van der Waals surface area (Å²) in [5.41, 5.74) is 7.79. The first-order valence-electron chi connectivity index (χ1n) is 6.15. The molecule has 0 spiro atoms. The molecule has 1 aliphatic rings. The van der Waals surface area contributed by atoms with E-state index in [1.165, 1.54) is 6.42 Å². The summed E-state index contributed by atoms with van der Waals surface area (Å²) in [4.78, 5) is 6.96. The van der Waals surface area contributed by atoms with Crippen molar-refractivity contribution in [2.24, 2.45) is 11.7 Å². The zero-order valence-corrected chi connectivity index (χ0v) is 10.6. The van der Waals surface area contributed by atoms with E-state index in [9.17, 15) is 0 Å². The van der Waals surface area contributed by atoms with Crippen LogP contribution in [0.4, 0.5) is 0 Å². The third-order valence-electron chi connectivity index (χ3n) is 3.30. The largest absolute Gasteiger partial charge is 0.497 e. The van der Waals surface area contributed by atoms with Crippen molar-refractivity contribution in [3.8, 4) is 5.75 Å². The van der Waals surface area contributed by atoms with Crippen LogP contribution in [0, 0.1) is 12.8 Å². The van der Waals surface area contributed by atoms with Crippen LogP contribution >= 0.6 is 0 Å². The SMILES string of the molecule is COc1cc(C)nc(CN2CCC(CN)C2)c1. The van der Waals surface area contributed by atoms with E-state index >= 15 is 0 Å². The fraction of sp³-hybridized carbons (Fsp3) is 0.615. The van der Waals surface area contributed by atoms with Gasteiger partial charge in [0.25, 0.3) is 0 Å². The van der Waals surface area contributed by atoms with Gasteiger partial charge in [-0.2, -0.15) is 0 Å². The highest BCUT2D eigenvalue weighted by molar-refractivity contribution is 5.26. The van der Waals surface area contributed by atoms with Crippen molar-refractivity contribution in [1.82, 2.24) is 9.88 Å². The molecule has 0 saturated carbocycles. The summed E-state index contributed by atoms with van der Waals surface area (Å²) in [6, 6.07) is 3.97. The maximum Gasteiger partial charge on any atom is 0.122 e. The number of rotatable bonds is 4. The predicted octanol–water partition coefficient (Wildman–Crippen LogP) is 1.18. The number of aromatic nitrogens is 1. The van der Waals surface area contributed by atoms with E-state index in [-0.39, 0.29) is 0 Å². The first-order chi connectivity index (χ1) is 8.21. The average molecular weight is 235 g/mol. The second kappa shape index (κ2) is 5.47. The Labute approximate surface area is 103 Å². The standard InChI is InChI=1S/C13H21N3O/c1-10-5-13(17-2)6-12(15-10)9-16-4-3-11(7-14)8-16/h5-6,11H,3-4,7-9,14H2,1-2H3. The lowest BCUT2D eigenvalue weighted by Gasteiger charge is -2.16. The molecule has 1 aromatic rings. The second-order valence-electron chi connectivity index (χ2n) is 4.77. The molecule has 2 heterocycles. The summed E-state index contributed by atoms with van der Waals surface area (Å²) in [5.74, 6) is 1.55. The van der Waals surface area contributed by atoms with Crippen LogP contribution in [0.3, 0.4) is 0 Å². The number of aryl methyl sites for hydroxylation is 1. The fourth-order valence-corrected chi connectivity index (χ4v) is 2.38. The summed E-state index contributed by atoms with van der Waals surface area (Å²) < 4.78 is 5.26. The van der Waals surface area contributed by atoms with Crippen molar-refractivity contribution in [1.29, 1.82) is 0 Å². The molecule has 1 atom stereocenters. The van der Waals surface area contributed by atoms with Gasteiger partial charge in [-0.15, -0.1) is 0 Å². The van der Waals surface area contributed by atoms with Gasteiger partial charge in [0.1, 0.15) is 5.75 Å². The van der Waals surface area contributed by atoms with Gasteiger partial charge >= 0.3 is 0 Å². The Hall–Kier alpha value is -1.13. The van der Waals surface area contributed by atoms with Gasteiger partial charge in [0.15, 0.2) is 0 Å². The van der Waals surface area contributed by atoms with Crippen molar-refractivity contribution < 1.29 is 4.74 Å². The van der Waals surface area contributed by atoms with Crippen molar-refractivity contribution in [3.63, 3.8) is 0 Å². The highest BCUT2D eigenvalue weighted by atomic mass is 16.5. The molecule has 2 rings (SSSR count). The number of pyridine rings is 1. The van der Waals surface area contributed by atoms with Gasteiger partial charge in [0.05, 0.1) is 12.8 Å². The van der Waals surface area contributed by atoms with Crippen LogP contribution in [-0.4, -0.2) is 36.6 Å². The van der Waals surface area contributed by atoms with E-state index in [0.717, 1.165) is 43.3 Å². The van der Waals surface area contributed by atoms with Crippen molar-refractivity contribution in [2.75, 3.05) is 26.7 Å². The molecule has 2 N–H and O–H groups in total. The van der Waals surface area contributed by atoms with Gasteiger partial charge in [-0.25, -0.2) is 0 Å². The van der Waals surface area contributed by atoms with Gasteiger partial charge in [-0.05, 0) is 32.4 Å². The summed E-state index contributed by atoms with van der Waals surface area (Å²) in [6.45, 7) is 5.91. The lowest BCUT2D eigenvalue weighted by Crippen LogP contribution is -2.23. The Morgan fingerprint density at radius 2 is 2.35 bits per heavy atom. The number of hydrogen-bond donors (Lipinski definition) is 1. The van der Waals surface area contributed by atoms with Crippen LogP contribution in [0.15, 0.2) is 12.1 Å². The smallest absolute Gasteiger partial charge is 0.122 e. The maximum atomic E-state index is 5.70. The monoisotopic (exact) mass is 235 g/mol. The van der Waals surface area contributed by atoms with E-state index < -0.39 is 0 Å². The molecule has 4 heteroatoms. The highest BCUT2D eigenvalue weighted by Gasteiger charge is 2.21. The number of likely N-dealkylation sites (tertiary alicyclic amines) is 1. The third kappa shape index (κ3) is 3.17. The molecular formula is C13H21N3O. The van der Waals surface area contributed by atoms with Crippen molar-refractivity contribution in [3.05, 3.63) is 23.5 Å². The number of hydrogen-bond acceptors (Lipinski definition) is 4. The first-order valence-corrected chi connectivity index (χ1v) is 6.15. The highest BCUT2D eigenvalue weighted by Crippen LogP contribution is 2.19. The summed E-state index contributed by atoms with van der Waals surface area (Å²) in [5, 5.41) is 0. The topological polar surface area (TPSA) is 51.4 Å². The molecule has 1 unspecified atom stereocenters. The van der Waals surface area contributed by atoms with E-state index in [0.29, 0.717) is 5.92 Å². The fourth-order valence-electron chi connectivity index (χ4n) is 2.38. The molecule has 4 nitrogen and oxygen atoms in total. The minimum Gasteiger partial charge on any atom is -0.497 e. The van der Waals surface area contributed by atoms with Crippen molar-refractivity contribution in [2.45, 2.75) is 19.9 Å². The Morgan fingerprint density at radius 3 is 3.00 bits per heavy atom. The Kier molecular flexibility index (Phi) is 3.97. The van der Waals surface area contributed by atoms with Gasteiger partial charge in [0.2, 0.25) is 0 Å². The van der Waals surface area contributed by atoms with Gasteiger partial charge in [-0.1, -0.05) is 0 Å². The zero-order valence-electron chi connectivity index (χ0n) is 10.6. The predicted molar refractivity (Wildman–Crippen MR) is 68.0 cm³/mol. The van der Waals surface area contributed by atoms with E-state index in [1.807, 2.05) is 19.1 Å². The van der Waals surface area contributed by atoms with Crippen LogP contribution in [0.25, 0.3) is 0 Å². The zero-order chi connectivity index (χ0) is 12.3. The van der Waals surface area contributed by atoms with E-state index in [2.05, 4.69) is 9.88 Å². The first kappa shape index (κ1) is 12.3. The molecule has 0 amide bonds. The average Bonchev–Trinajstić information content (AvgIpc) is 2.76. The number of nitrogens with zero attached hydrogens (tertiary/aromatic N) is 2. The van der Waals surface area contributed by atoms with Crippen LogP contribution in [-0.2, 0) is 6.54 Å². The van der Waals surface area contributed by atoms with Gasteiger partial charge in [-0.3, -0.25) is 9.88 Å². The van der Waals surface area contributed by atoms with Gasteiger partial charge < -0.3 is 10.5 Å². The lowest BCUT2D eigenvalue weighted by molar-refractivity contribution is 0.312. The van der Waals surface area contributed by atoms with Crippen LogP contribution in [0.5, 0.6) is 5.75 Å². The normalized spacial score (nSPS) is 20.8. The van der Waals surface area contributed by atoms with Crippen molar-refractivity contribution >= 4 is 0 Å². The van der Waals surface area contributed by atoms with E-state index in [4.69, 9.17) is 10.5 Å². The molecular weight excluding hydrogens is 214 g/mol. The Balaban J connectivity index is 2.01. The quantitative estimate of drug-likeness (QED) is 0.851. The van der Waals surface area contributed by atoms with Gasteiger partial charge in [0, 0.05) is 30.9 Å². The summed E-state index contributed by atoms with van der Waals surface area (Å²) >= 11 is 0. The molecule has 0 aliphatic carbocycles. The molecule has 17 heavy (non-hydrogen) atoms.